The van der Waals surface area contributed by atoms with Gasteiger partial charge in [0.25, 0.3) is 11.9 Å². The number of rotatable bonds is 5. The molecule has 0 aliphatic carbocycles. The number of aromatic nitrogens is 7. The quantitative estimate of drug-likeness (QED) is 0.696. The second kappa shape index (κ2) is 5.99. The maximum Gasteiger partial charge on any atom is 0.322 e. The zero-order valence-electron chi connectivity index (χ0n) is 13.3. The van der Waals surface area contributed by atoms with Gasteiger partial charge in [-0.3, -0.25) is 0 Å². The van der Waals surface area contributed by atoms with Crippen molar-refractivity contribution in [3.05, 3.63) is 30.1 Å². The number of nitrogens with zero attached hydrogens (tertiary/aromatic N) is 7. The lowest BCUT2D eigenvalue weighted by Gasteiger charge is -2.07. The van der Waals surface area contributed by atoms with E-state index in [1.165, 1.54) is 16.5 Å². The molecule has 0 saturated heterocycles. The average Bonchev–Trinajstić information content (AvgIpc) is 3.16. The van der Waals surface area contributed by atoms with E-state index in [-0.39, 0.29) is 17.9 Å². The number of nitrogens with two attached hydrogens (primary N) is 2. The van der Waals surface area contributed by atoms with E-state index in [9.17, 15) is 0 Å². The molecule has 0 unspecified atom stereocenters. The third kappa shape index (κ3) is 2.64. The largest absolute Gasteiger partial charge is 0.467 e. The van der Waals surface area contributed by atoms with Crippen LogP contribution in [0, 0.1) is 0 Å². The Morgan fingerprint density at radius 3 is 2.21 bits per heavy atom. The van der Waals surface area contributed by atoms with Crippen molar-refractivity contribution in [1.29, 1.82) is 0 Å². The fourth-order valence-electron chi connectivity index (χ4n) is 2.07. The maximum atomic E-state index is 5.98. The first-order chi connectivity index (χ1) is 11.5. The molecule has 3 aromatic heterocycles. The van der Waals surface area contributed by atoms with Gasteiger partial charge in [-0.15, -0.1) is 0 Å². The molecule has 0 aromatic carbocycles. The van der Waals surface area contributed by atoms with Gasteiger partial charge in [-0.05, 0) is 12.5 Å². The van der Waals surface area contributed by atoms with Gasteiger partial charge < -0.3 is 16.2 Å². The molecule has 24 heavy (non-hydrogen) atoms. The Bertz CT molecular complexity index is 896. The molecule has 3 aromatic rings. The molecule has 0 aliphatic heterocycles. The second-order valence-corrected chi connectivity index (χ2v) is 4.86. The molecular weight excluding hydrogens is 310 g/mol. The third-order valence-electron chi connectivity index (χ3n) is 3.27. The fraction of sp³-hybridized carbons (Fsp3) is 0.214. The summed E-state index contributed by atoms with van der Waals surface area (Å²) < 4.78 is 7.92. The SMILES string of the molecule is C=Cc1cc(N)n(-c2nc(OC)nc(-n3nc(CC)cc3N)n2)n1. The number of aryl methyl sites for hydroxylation is 1. The van der Waals surface area contributed by atoms with E-state index >= 15 is 0 Å². The van der Waals surface area contributed by atoms with Gasteiger partial charge in [0.1, 0.15) is 11.6 Å². The average molecular weight is 327 g/mol. The van der Waals surface area contributed by atoms with Gasteiger partial charge in [-0.1, -0.05) is 13.5 Å². The fourth-order valence-corrected chi connectivity index (χ4v) is 2.07. The highest BCUT2D eigenvalue weighted by atomic mass is 16.5. The van der Waals surface area contributed by atoms with Crippen LogP contribution in [0.4, 0.5) is 11.6 Å². The standard InChI is InChI=1S/C14H17N9O/c1-4-8-6-10(15)22(20-8)12-17-13(19-14(18-12)24-3)23-11(16)7-9(5-2)21-23/h4,6-7H,1,5,15-16H2,2-3H3. The van der Waals surface area contributed by atoms with Crippen LogP contribution in [0.25, 0.3) is 18.0 Å². The van der Waals surface area contributed by atoms with Crippen LogP contribution in [0.1, 0.15) is 18.3 Å². The summed E-state index contributed by atoms with van der Waals surface area (Å²) in [6, 6.07) is 3.51. The predicted octanol–water partition coefficient (Wildman–Crippen LogP) is 0.621. The number of hydrogen-bond donors (Lipinski definition) is 2. The topological polar surface area (TPSA) is 136 Å². The van der Waals surface area contributed by atoms with E-state index in [1.807, 2.05) is 6.92 Å². The first-order valence-electron chi connectivity index (χ1n) is 7.19. The molecule has 0 aliphatic rings. The van der Waals surface area contributed by atoms with Crippen molar-refractivity contribution < 1.29 is 4.74 Å². The van der Waals surface area contributed by atoms with Gasteiger partial charge in [0.15, 0.2) is 0 Å². The Labute approximate surface area is 137 Å². The number of methoxy groups -OCH3 is 1. The number of hydrogen-bond acceptors (Lipinski definition) is 8. The van der Waals surface area contributed by atoms with Gasteiger partial charge in [0, 0.05) is 12.1 Å². The molecule has 0 amide bonds. The van der Waals surface area contributed by atoms with Crippen LogP contribution in [0.2, 0.25) is 0 Å². The second-order valence-electron chi connectivity index (χ2n) is 4.86. The molecule has 0 fully saturated rings. The lowest BCUT2D eigenvalue weighted by Crippen LogP contribution is -2.14. The third-order valence-corrected chi connectivity index (χ3v) is 3.27. The van der Waals surface area contributed by atoms with Crippen molar-refractivity contribution >= 4 is 17.7 Å². The lowest BCUT2D eigenvalue weighted by atomic mass is 10.3. The summed E-state index contributed by atoms with van der Waals surface area (Å²) >= 11 is 0. The summed E-state index contributed by atoms with van der Waals surface area (Å²) in [6.45, 7) is 5.64. The normalized spacial score (nSPS) is 10.8. The van der Waals surface area contributed by atoms with Gasteiger partial charge in [0.2, 0.25) is 0 Å². The van der Waals surface area contributed by atoms with Crippen LogP contribution in [-0.2, 0) is 6.42 Å². The van der Waals surface area contributed by atoms with Crippen LogP contribution in [0.3, 0.4) is 0 Å². The summed E-state index contributed by atoms with van der Waals surface area (Å²) in [5.74, 6) is 1.16. The summed E-state index contributed by atoms with van der Waals surface area (Å²) in [7, 11) is 1.45. The van der Waals surface area contributed by atoms with Crippen molar-refractivity contribution in [2.45, 2.75) is 13.3 Å². The molecule has 3 rings (SSSR count). The van der Waals surface area contributed by atoms with Gasteiger partial charge in [-0.2, -0.15) is 34.5 Å². The number of nitrogen functional groups attached to an aromatic ring is 2. The minimum absolute atomic E-state index is 0.0954. The van der Waals surface area contributed by atoms with Crippen molar-refractivity contribution in [1.82, 2.24) is 34.5 Å². The summed E-state index contributed by atoms with van der Waals surface area (Å²) in [4.78, 5) is 12.7. The Morgan fingerprint density at radius 1 is 1.08 bits per heavy atom. The predicted molar refractivity (Wildman–Crippen MR) is 88.9 cm³/mol. The molecule has 124 valence electrons. The Kier molecular flexibility index (Phi) is 3.86. The zero-order valence-corrected chi connectivity index (χ0v) is 13.3. The molecule has 0 spiro atoms. The molecule has 0 saturated carbocycles. The van der Waals surface area contributed by atoms with Crippen molar-refractivity contribution in [3.63, 3.8) is 0 Å². The molecule has 0 bridgehead atoms. The molecule has 10 heteroatoms. The van der Waals surface area contributed by atoms with E-state index in [0.29, 0.717) is 17.3 Å². The highest BCUT2D eigenvalue weighted by molar-refractivity contribution is 5.49. The van der Waals surface area contributed by atoms with E-state index in [0.717, 1.165) is 12.1 Å². The molecular formula is C14H17N9O. The minimum Gasteiger partial charge on any atom is -0.467 e. The summed E-state index contributed by atoms with van der Waals surface area (Å²) in [6.07, 6.45) is 2.31. The minimum atomic E-state index is 0.0954. The first-order valence-corrected chi connectivity index (χ1v) is 7.19. The van der Waals surface area contributed by atoms with Gasteiger partial charge in [0.05, 0.1) is 18.5 Å². The number of anilines is 2. The zero-order chi connectivity index (χ0) is 17.3. The monoisotopic (exact) mass is 327 g/mol. The van der Waals surface area contributed by atoms with Crippen LogP contribution < -0.4 is 16.2 Å². The smallest absolute Gasteiger partial charge is 0.322 e. The van der Waals surface area contributed by atoms with Crippen LogP contribution in [0.5, 0.6) is 6.01 Å². The lowest BCUT2D eigenvalue weighted by molar-refractivity contribution is 0.375. The highest BCUT2D eigenvalue weighted by Crippen LogP contribution is 2.17. The van der Waals surface area contributed by atoms with Crippen molar-refractivity contribution in [2.24, 2.45) is 0 Å². The van der Waals surface area contributed by atoms with E-state index in [2.05, 4.69) is 31.7 Å². The van der Waals surface area contributed by atoms with Crippen molar-refractivity contribution in [2.75, 3.05) is 18.6 Å². The first kappa shape index (κ1) is 15.5. The van der Waals surface area contributed by atoms with E-state index in [4.69, 9.17) is 16.2 Å². The maximum absolute atomic E-state index is 5.98. The molecule has 0 radical (unpaired) electrons. The van der Waals surface area contributed by atoms with E-state index in [1.54, 1.807) is 18.2 Å². The summed E-state index contributed by atoms with van der Waals surface area (Å²) in [5.41, 5.74) is 13.4. The Morgan fingerprint density at radius 2 is 1.71 bits per heavy atom. The Hall–Kier alpha value is -3.43. The van der Waals surface area contributed by atoms with Gasteiger partial charge in [-0.25, -0.2) is 0 Å². The Balaban J connectivity index is 2.16. The molecule has 3 heterocycles. The molecule has 0 atom stereocenters. The van der Waals surface area contributed by atoms with Gasteiger partial charge >= 0.3 is 6.01 Å². The highest BCUT2D eigenvalue weighted by Gasteiger charge is 2.16. The van der Waals surface area contributed by atoms with Crippen LogP contribution in [-0.4, -0.2) is 41.6 Å². The van der Waals surface area contributed by atoms with Crippen LogP contribution in [0.15, 0.2) is 18.7 Å². The van der Waals surface area contributed by atoms with Crippen LogP contribution >= 0.6 is 0 Å². The molecule has 10 nitrogen and oxygen atoms in total. The number of ether oxygens (including phenoxy) is 1. The van der Waals surface area contributed by atoms with E-state index < -0.39 is 0 Å². The van der Waals surface area contributed by atoms with Crippen molar-refractivity contribution in [3.8, 4) is 17.9 Å². The summed E-state index contributed by atoms with van der Waals surface area (Å²) in [5, 5.41) is 8.62. The molecule has 4 N–H and O–H groups in total.